The fourth-order valence-electron chi connectivity index (χ4n) is 2.61. The molecular weight excluding hydrogens is 280 g/mol. The molecule has 0 aliphatic heterocycles. The summed E-state index contributed by atoms with van der Waals surface area (Å²) in [6.07, 6.45) is 0. The molecule has 0 bridgehead atoms. The Morgan fingerprint density at radius 1 is 1.27 bits per heavy atom. The molecule has 116 valence electrons. The van der Waals surface area contributed by atoms with Crippen molar-refractivity contribution in [3.05, 3.63) is 52.3 Å². The van der Waals surface area contributed by atoms with Gasteiger partial charge >= 0.3 is 0 Å². The van der Waals surface area contributed by atoms with Gasteiger partial charge in [0.15, 0.2) is 5.78 Å². The Balaban J connectivity index is 2.26. The molecule has 0 atom stereocenters. The summed E-state index contributed by atoms with van der Waals surface area (Å²) in [5.74, 6) is -0.0661. The van der Waals surface area contributed by atoms with Crippen LogP contribution in [0.2, 0.25) is 0 Å². The van der Waals surface area contributed by atoms with Crippen LogP contribution in [0.25, 0.3) is 0 Å². The van der Waals surface area contributed by atoms with E-state index in [1.54, 1.807) is 44.0 Å². The largest absolute Gasteiger partial charge is 0.508 e. The van der Waals surface area contributed by atoms with Gasteiger partial charge in [-0.3, -0.25) is 9.59 Å². The van der Waals surface area contributed by atoms with Crippen molar-refractivity contribution in [1.29, 1.82) is 0 Å². The van der Waals surface area contributed by atoms with Crippen LogP contribution in [0, 0.1) is 13.8 Å². The molecule has 0 fully saturated rings. The molecular formula is C17H20N2O3. The number of ketones is 1. The molecule has 2 N–H and O–H groups in total. The molecule has 0 saturated heterocycles. The fraction of sp³-hybridized carbons (Fsp3) is 0.294. The summed E-state index contributed by atoms with van der Waals surface area (Å²) >= 11 is 0. The number of phenols is 1. The van der Waals surface area contributed by atoms with Crippen LogP contribution < -0.4 is 0 Å². The van der Waals surface area contributed by atoms with Crippen molar-refractivity contribution >= 4 is 11.7 Å². The van der Waals surface area contributed by atoms with Gasteiger partial charge in [-0.05, 0) is 37.1 Å². The number of aromatic amines is 1. The SMILES string of the molecule is CC(=O)c1[nH]c(C)c(C(=O)N(C)Cc2cccc(O)c2)c1C. The molecule has 1 aromatic heterocycles. The lowest BCUT2D eigenvalue weighted by molar-refractivity contribution is 0.0783. The molecule has 0 saturated carbocycles. The van der Waals surface area contributed by atoms with Crippen LogP contribution in [0.15, 0.2) is 24.3 Å². The zero-order valence-corrected chi connectivity index (χ0v) is 13.2. The van der Waals surface area contributed by atoms with Gasteiger partial charge in [-0.15, -0.1) is 0 Å². The highest BCUT2D eigenvalue weighted by Gasteiger charge is 2.22. The summed E-state index contributed by atoms with van der Waals surface area (Å²) < 4.78 is 0. The minimum Gasteiger partial charge on any atom is -0.508 e. The number of benzene rings is 1. The van der Waals surface area contributed by atoms with E-state index in [1.807, 2.05) is 6.07 Å². The molecule has 0 spiro atoms. The lowest BCUT2D eigenvalue weighted by Crippen LogP contribution is -2.27. The Morgan fingerprint density at radius 2 is 1.95 bits per heavy atom. The van der Waals surface area contributed by atoms with Gasteiger partial charge in [0.2, 0.25) is 0 Å². The van der Waals surface area contributed by atoms with Crippen molar-refractivity contribution < 1.29 is 14.7 Å². The van der Waals surface area contributed by atoms with Gasteiger partial charge < -0.3 is 15.0 Å². The van der Waals surface area contributed by atoms with Crippen molar-refractivity contribution in [3.63, 3.8) is 0 Å². The third-order valence-electron chi connectivity index (χ3n) is 3.68. The van der Waals surface area contributed by atoms with Crippen LogP contribution >= 0.6 is 0 Å². The Morgan fingerprint density at radius 3 is 2.50 bits per heavy atom. The maximum Gasteiger partial charge on any atom is 0.256 e. The number of carbonyl (C=O) groups is 2. The van der Waals surface area contributed by atoms with Gasteiger partial charge in [0.05, 0.1) is 11.3 Å². The highest BCUT2D eigenvalue weighted by molar-refractivity contribution is 6.02. The van der Waals surface area contributed by atoms with Crippen molar-refractivity contribution in [2.75, 3.05) is 7.05 Å². The zero-order chi connectivity index (χ0) is 16.4. The Kier molecular flexibility index (Phi) is 4.35. The molecule has 0 unspecified atom stereocenters. The number of nitrogens with zero attached hydrogens (tertiary/aromatic N) is 1. The smallest absolute Gasteiger partial charge is 0.256 e. The van der Waals surface area contributed by atoms with Crippen molar-refractivity contribution in [1.82, 2.24) is 9.88 Å². The summed E-state index contributed by atoms with van der Waals surface area (Å²) in [4.78, 5) is 28.8. The Labute approximate surface area is 129 Å². The first-order valence-electron chi connectivity index (χ1n) is 7.04. The van der Waals surface area contributed by atoms with E-state index in [0.29, 0.717) is 29.1 Å². The third kappa shape index (κ3) is 3.03. The summed E-state index contributed by atoms with van der Waals surface area (Å²) in [7, 11) is 1.70. The minimum atomic E-state index is -0.151. The van der Waals surface area contributed by atoms with E-state index in [-0.39, 0.29) is 17.4 Å². The Bertz CT molecular complexity index is 732. The number of nitrogens with one attached hydrogen (secondary N) is 1. The molecule has 5 nitrogen and oxygen atoms in total. The quantitative estimate of drug-likeness (QED) is 0.853. The molecule has 0 aliphatic rings. The van der Waals surface area contributed by atoms with Crippen molar-refractivity contribution in [2.45, 2.75) is 27.3 Å². The van der Waals surface area contributed by atoms with Crippen LogP contribution in [-0.4, -0.2) is 33.7 Å². The number of aromatic nitrogens is 1. The van der Waals surface area contributed by atoms with Gasteiger partial charge in [-0.1, -0.05) is 12.1 Å². The molecule has 0 radical (unpaired) electrons. The summed E-state index contributed by atoms with van der Waals surface area (Å²) in [6.45, 7) is 5.42. The molecule has 0 aliphatic carbocycles. The second-order valence-corrected chi connectivity index (χ2v) is 5.51. The van der Waals surface area contributed by atoms with E-state index in [2.05, 4.69) is 4.98 Å². The van der Waals surface area contributed by atoms with Gasteiger partial charge in [0, 0.05) is 26.2 Å². The number of rotatable bonds is 4. The average Bonchev–Trinajstić information content (AvgIpc) is 2.73. The van der Waals surface area contributed by atoms with Crippen molar-refractivity contribution in [3.8, 4) is 5.75 Å². The van der Waals surface area contributed by atoms with Crippen LogP contribution in [0.3, 0.4) is 0 Å². The first kappa shape index (κ1) is 15.8. The second-order valence-electron chi connectivity index (χ2n) is 5.51. The number of hydrogen-bond acceptors (Lipinski definition) is 3. The number of H-pyrrole nitrogens is 1. The minimum absolute atomic E-state index is 0.0877. The molecule has 2 rings (SSSR count). The van der Waals surface area contributed by atoms with Gasteiger partial charge in [0.25, 0.3) is 5.91 Å². The number of carbonyl (C=O) groups excluding carboxylic acids is 2. The van der Waals surface area contributed by atoms with E-state index in [4.69, 9.17) is 0 Å². The Hall–Kier alpha value is -2.56. The fourth-order valence-corrected chi connectivity index (χ4v) is 2.61. The van der Waals surface area contributed by atoms with E-state index in [9.17, 15) is 14.7 Å². The topological polar surface area (TPSA) is 73.4 Å². The number of aromatic hydroxyl groups is 1. The van der Waals surface area contributed by atoms with Gasteiger partial charge in [0.1, 0.15) is 5.75 Å². The van der Waals surface area contributed by atoms with Crippen LogP contribution in [0.5, 0.6) is 5.75 Å². The molecule has 2 aromatic rings. The predicted molar refractivity (Wildman–Crippen MR) is 84.2 cm³/mol. The second kappa shape index (κ2) is 6.05. The maximum atomic E-state index is 12.6. The van der Waals surface area contributed by atoms with Crippen molar-refractivity contribution in [2.24, 2.45) is 0 Å². The molecule has 1 heterocycles. The maximum absolute atomic E-state index is 12.6. The van der Waals surface area contributed by atoms with E-state index in [1.165, 1.54) is 6.92 Å². The monoisotopic (exact) mass is 300 g/mol. The third-order valence-corrected chi connectivity index (χ3v) is 3.68. The number of aryl methyl sites for hydroxylation is 1. The van der Waals surface area contributed by atoms with E-state index >= 15 is 0 Å². The molecule has 5 heteroatoms. The molecule has 22 heavy (non-hydrogen) atoms. The van der Waals surface area contributed by atoms with Gasteiger partial charge in [-0.2, -0.15) is 0 Å². The zero-order valence-electron chi connectivity index (χ0n) is 13.2. The first-order valence-corrected chi connectivity index (χ1v) is 7.04. The number of Topliss-reactive ketones (excluding diaryl/α,β-unsaturated/α-hetero) is 1. The van der Waals surface area contributed by atoms with Crippen LogP contribution in [-0.2, 0) is 6.54 Å². The molecule has 1 amide bonds. The normalized spacial score (nSPS) is 10.5. The first-order chi connectivity index (χ1) is 10.3. The molecule has 1 aromatic carbocycles. The highest BCUT2D eigenvalue weighted by Crippen LogP contribution is 2.21. The summed E-state index contributed by atoms with van der Waals surface area (Å²) in [5.41, 5.74) is 3.22. The lowest BCUT2D eigenvalue weighted by Gasteiger charge is -2.18. The van der Waals surface area contributed by atoms with Crippen LogP contribution in [0.4, 0.5) is 0 Å². The predicted octanol–water partition coefficient (Wildman–Crippen LogP) is 2.81. The van der Waals surface area contributed by atoms with Gasteiger partial charge in [-0.25, -0.2) is 0 Å². The van der Waals surface area contributed by atoms with E-state index in [0.717, 1.165) is 5.56 Å². The standard InChI is InChI=1S/C17H20N2O3/c1-10-15(11(2)18-16(10)12(3)20)17(22)19(4)9-13-6-5-7-14(21)8-13/h5-8,18,21H,9H2,1-4H3. The number of amides is 1. The number of hydrogen-bond donors (Lipinski definition) is 2. The summed E-state index contributed by atoms with van der Waals surface area (Å²) in [5, 5.41) is 9.49. The number of phenolic OH excluding ortho intramolecular Hbond substituents is 1. The summed E-state index contributed by atoms with van der Waals surface area (Å²) in [6, 6.07) is 6.80. The highest BCUT2D eigenvalue weighted by atomic mass is 16.3. The average molecular weight is 300 g/mol. The van der Waals surface area contributed by atoms with Crippen LogP contribution in [0.1, 0.15) is 44.6 Å². The lowest BCUT2D eigenvalue weighted by atomic mass is 10.1. The van der Waals surface area contributed by atoms with E-state index < -0.39 is 0 Å².